The Kier molecular flexibility index (Phi) is 3.98. The Bertz CT molecular complexity index is 726. The topological polar surface area (TPSA) is 77.9 Å². The lowest BCUT2D eigenvalue weighted by Crippen LogP contribution is -2.39. The number of carboxylic acid groups (broad SMARTS) is 1. The second kappa shape index (κ2) is 6.17. The summed E-state index contributed by atoms with van der Waals surface area (Å²) in [5.74, 6) is -2.03. The van der Waals surface area contributed by atoms with Crippen LogP contribution in [0.4, 0.5) is 5.69 Å². The summed E-state index contributed by atoms with van der Waals surface area (Å²) in [6, 6.07) is 7.45. The van der Waals surface area contributed by atoms with Crippen LogP contribution in [-0.2, 0) is 14.4 Å². The van der Waals surface area contributed by atoms with Crippen LogP contribution < -0.4 is 4.90 Å². The second-order valence-electron chi connectivity index (χ2n) is 7.28. The molecule has 1 saturated carbocycles. The van der Waals surface area contributed by atoms with E-state index in [-0.39, 0.29) is 36.7 Å². The summed E-state index contributed by atoms with van der Waals surface area (Å²) in [7, 11) is 0. The fourth-order valence-electron chi connectivity index (χ4n) is 4.51. The van der Waals surface area contributed by atoms with Crippen molar-refractivity contribution in [1.82, 2.24) is 4.90 Å². The van der Waals surface area contributed by atoms with Gasteiger partial charge in [-0.25, -0.2) is 0 Å². The van der Waals surface area contributed by atoms with Gasteiger partial charge in [-0.2, -0.15) is 0 Å². The Labute approximate surface area is 146 Å². The van der Waals surface area contributed by atoms with Gasteiger partial charge in [-0.1, -0.05) is 31.0 Å². The van der Waals surface area contributed by atoms with E-state index in [0.29, 0.717) is 17.8 Å². The number of benzene rings is 1. The van der Waals surface area contributed by atoms with Crippen LogP contribution in [0.15, 0.2) is 24.3 Å². The number of fused-ring (bicyclic) bond motifs is 1. The van der Waals surface area contributed by atoms with Gasteiger partial charge in [-0.05, 0) is 24.5 Å². The number of amides is 2. The van der Waals surface area contributed by atoms with Crippen molar-refractivity contribution in [2.75, 3.05) is 18.0 Å². The Morgan fingerprint density at radius 3 is 2.52 bits per heavy atom. The first-order valence-electron chi connectivity index (χ1n) is 8.99. The first-order valence-corrected chi connectivity index (χ1v) is 8.99. The first-order chi connectivity index (χ1) is 12.1. The summed E-state index contributed by atoms with van der Waals surface area (Å²) in [5, 5.41) is 9.45. The van der Waals surface area contributed by atoms with E-state index in [1.807, 2.05) is 11.0 Å². The summed E-state index contributed by atoms with van der Waals surface area (Å²) < 4.78 is 0. The van der Waals surface area contributed by atoms with Crippen LogP contribution in [0.25, 0.3) is 0 Å². The van der Waals surface area contributed by atoms with Crippen LogP contribution in [0.2, 0.25) is 0 Å². The van der Waals surface area contributed by atoms with Gasteiger partial charge in [-0.15, -0.1) is 0 Å². The Morgan fingerprint density at radius 1 is 1.08 bits per heavy atom. The van der Waals surface area contributed by atoms with Crippen molar-refractivity contribution in [3.63, 3.8) is 0 Å². The Balaban J connectivity index is 1.54. The van der Waals surface area contributed by atoms with Crippen molar-refractivity contribution >= 4 is 23.5 Å². The molecule has 25 heavy (non-hydrogen) atoms. The van der Waals surface area contributed by atoms with E-state index in [9.17, 15) is 19.5 Å². The highest BCUT2D eigenvalue weighted by Gasteiger charge is 2.43. The SMILES string of the molecule is O=C(O)C1CN(C(=O)C2CC(=O)N(C3CCCC3)C2)c2ccccc21. The normalized spacial score (nSPS) is 26.3. The quantitative estimate of drug-likeness (QED) is 0.911. The molecule has 0 spiro atoms. The predicted octanol–water partition coefficient (Wildman–Crippen LogP) is 1.99. The van der Waals surface area contributed by atoms with Crippen LogP contribution in [-0.4, -0.2) is 46.9 Å². The summed E-state index contributed by atoms with van der Waals surface area (Å²) in [6.07, 6.45) is 4.59. The smallest absolute Gasteiger partial charge is 0.312 e. The van der Waals surface area contributed by atoms with Gasteiger partial charge in [0.15, 0.2) is 0 Å². The number of rotatable bonds is 3. The van der Waals surface area contributed by atoms with Gasteiger partial charge in [-0.3, -0.25) is 14.4 Å². The van der Waals surface area contributed by atoms with E-state index in [1.165, 1.54) is 0 Å². The highest BCUT2D eigenvalue weighted by Crippen LogP contribution is 2.38. The molecule has 1 N–H and O–H groups in total. The number of aliphatic carboxylic acids is 1. The number of nitrogens with zero attached hydrogens (tertiary/aromatic N) is 2. The zero-order valence-electron chi connectivity index (χ0n) is 14.1. The number of anilines is 1. The van der Waals surface area contributed by atoms with E-state index >= 15 is 0 Å². The van der Waals surface area contributed by atoms with Crippen LogP contribution in [0.5, 0.6) is 0 Å². The molecule has 132 valence electrons. The molecule has 2 fully saturated rings. The van der Waals surface area contributed by atoms with Gasteiger partial charge in [0.25, 0.3) is 0 Å². The lowest BCUT2D eigenvalue weighted by atomic mass is 10.0. The van der Waals surface area contributed by atoms with Crippen LogP contribution in [0, 0.1) is 5.92 Å². The maximum atomic E-state index is 13.0. The van der Waals surface area contributed by atoms with E-state index in [2.05, 4.69) is 0 Å². The average Bonchev–Trinajstić information content (AvgIpc) is 3.32. The van der Waals surface area contributed by atoms with Crippen molar-refractivity contribution in [2.24, 2.45) is 5.92 Å². The fraction of sp³-hybridized carbons (Fsp3) is 0.526. The molecule has 0 radical (unpaired) electrons. The molecule has 2 aliphatic heterocycles. The molecule has 1 aliphatic carbocycles. The number of hydrogen-bond donors (Lipinski definition) is 1. The zero-order valence-corrected chi connectivity index (χ0v) is 14.1. The number of carbonyl (C=O) groups is 3. The van der Waals surface area contributed by atoms with E-state index in [1.54, 1.807) is 23.1 Å². The van der Waals surface area contributed by atoms with Crippen molar-refractivity contribution < 1.29 is 19.5 Å². The van der Waals surface area contributed by atoms with Gasteiger partial charge in [0, 0.05) is 31.2 Å². The fourth-order valence-corrected chi connectivity index (χ4v) is 4.51. The highest BCUT2D eigenvalue weighted by atomic mass is 16.4. The summed E-state index contributed by atoms with van der Waals surface area (Å²) in [4.78, 5) is 40.4. The third-order valence-electron chi connectivity index (χ3n) is 5.81. The molecule has 6 heteroatoms. The molecule has 0 bridgehead atoms. The lowest BCUT2D eigenvalue weighted by Gasteiger charge is -2.25. The molecule has 3 aliphatic rings. The molecule has 2 heterocycles. The van der Waals surface area contributed by atoms with Crippen molar-refractivity contribution in [1.29, 1.82) is 0 Å². The summed E-state index contributed by atoms with van der Waals surface area (Å²) in [5.41, 5.74) is 1.35. The van der Waals surface area contributed by atoms with E-state index in [4.69, 9.17) is 0 Å². The Hall–Kier alpha value is -2.37. The van der Waals surface area contributed by atoms with E-state index < -0.39 is 11.9 Å². The van der Waals surface area contributed by atoms with E-state index in [0.717, 1.165) is 25.7 Å². The number of para-hydroxylation sites is 1. The van der Waals surface area contributed by atoms with Crippen molar-refractivity contribution in [2.45, 2.75) is 44.1 Å². The molecule has 4 rings (SSSR count). The molecule has 2 atom stereocenters. The number of hydrogen-bond acceptors (Lipinski definition) is 3. The number of carboxylic acids is 1. The van der Waals surface area contributed by atoms with Crippen LogP contribution >= 0.6 is 0 Å². The minimum absolute atomic E-state index is 0.0625. The standard InChI is InChI=1S/C19H22N2O4/c22-17-9-12(10-20(17)13-5-1-2-6-13)18(23)21-11-15(19(24)25)14-7-3-4-8-16(14)21/h3-4,7-8,12-13,15H,1-2,5-6,9-11H2,(H,24,25). The van der Waals surface area contributed by atoms with Gasteiger partial charge in [0.2, 0.25) is 11.8 Å². The molecule has 2 unspecified atom stereocenters. The lowest BCUT2D eigenvalue weighted by molar-refractivity contribution is -0.138. The highest BCUT2D eigenvalue weighted by molar-refractivity contribution is 6.02. The molecule has 2 amide bonds. The van der Waals surface area contributed by atoms with Crippen molar-refractivity contribution in [3.05, 3.63) is 29.8 Å². The van der Waals surface area contributed by atoms with Gasteiger partial charge >= 0.3 is 5.97 Å². The monoisotopic (exact) mass is 342 g/mol. The minimum atomic E-state index is -0.919. The van der Waals surface area contributed by atoms with Gasteiger partial charge in [0.05, 0.1) is 5.92 Å². The van der Waals surface area contributed by atoms with Gasteiger partial charge in [0.1, 0.15) is 5.92 Å². The zero-order chi connectivity index (χ0) is 17.6. The second-order valence-corrected chi connectivity index (χ2v) is 7.28. The number of likely N-dealkylation sites (tertiary alicyclic amines) is 1. The molecular formula is C19H22N2O4. The van der Waals surface area contributed by atoms with Crippen LogP contribution in [0.3, 0.4) is 0 Å². The summed E-state index contributed by atoms with van der Waals surface area (Å²) >= 11 is 0. The molecule has 1 saturated heterocycles. The first kappa shape index (κ1) is 16.1. The molecule has 0 aromatic heterocycles. The minimum Gasteiger partial charge on any atom is -0.481 e. The maximum absolute atomic E-state index is 13.0. The Morgan fingerprint density at radius 2 is 1.80 bits per heavy atom. The predicted molar refractivity (Wildman–Crippen MR) is 91.2 cm³/mol. The third kappa shape index (κ3) is 2.69. The molecular weight excluding hydrogens is 320 g/mol. The maximum Gasteiger partial charge on any atom is 0.312 e. The number of carbonyl (C=O) groups excluding carboxylic acids is 2. The summed E-state index contributed by atoms with van der Waals surface area (Å²) in [6.45, 7) is 0.625. The molecule has 6 nitrogen and oxygen atoms in total. The van der Waals surface area contributed by atoms with Crippen molar-refractivity contribution in [3.8, 4) is 0 Å². The third-order valence-corrected chi connectivity index (χ3v) is 5.81. The average molecular weight is 342 g/mol. The largest absolute Gasteiger partial charge is 0.481 e. The van der Waals surface area contributed by atoms with Gasteiger partial charge < -0.3 is 14.9 Å². The van der Waals surface area contributed by atoms with Crippen LogP contribution in [0.1, 0.15) is 43.6 Å². The molecule has 1 aromatic rings. The molecule has 1 aromatic carbocycles.